The van der Waals surface area contributed by atoms with E-state index in [9.17, 15) is 4.79 Å². The Balaban J connectivity index is 1.26. The Morgan fingerprint density at radius 1 is 1.14 bits per heavy atom. The van der Waals surface area contributed by atoms with Crippen molar-refractivity contribution in [3.63, 3.8) is 0 Å². The molecule has 1 aromatic heterocycles. The molecule has 3 heterocycles. The van der Waals surface area contributed by atoms with Crippen LogP contribution in [0.4, 0.5) is 0 Å². The van der Waals surface area contributed by atoms with Gasteiger partial charge in [0, 0.05) is 11.6 Å². The second kappa shape index (κ2) is 7.42. The molecule has 0 bridgehead atoms. The van der Waals surface area contributed by atoms with Gasteiger partial charge in [-0.1, -0.05) is 29.8 Å². The molecular formula is C21H18ClN3O4. The number of aromatic nitrogens is 2. The highest BCUT2D eigenvalue weighted by molar-refractivity contribution is 6.30. The summed E-state index contributed by atoms with van der Waals surface area (Å²) in [6.45, 7) is 1.56. The van der Waals surface area contributed by atoms with Crippen LogP contribution in [0, 0.1) is 0 Å². The number of hydrogen-bond acceptors (Lipinski definition) is 5. The van der Waals surface area contributed by atoms with Crippen LogP contribution in [0.15, 0.2) is 48.5 Å². The maximum atomic E-state index is 12.5. The summed E-state index contributed by atoms with van der Waals surface area (Å²) in [6.07, 6.45) is -0.165. The van der Waals surface area contributed by atoms with Gasteiger partial charge in [-0.2, -0.15) is 5.10 Å². The predicted molar refractivity (Wildman–Crippen MR) is 105 cm³/mol. The molecular weight excluding hydrogens is 394 g/mol. The van der Waals surface area contributed by atoms with Crippen LogP contribution in [-0.4, -0.2) is 22.5 Å². The van der Waals surface area contributed by atoms with Gasteiger partial charge in [0.1, 0.15) is 6.10 Å². The van der Waals surface area contributed by atoms with Crippen molar-refractivity contribution in [3.05, 3.63) is 76.1 Å². The zero-order chi connectivity index (χ0) is 19.8. The van der Waals surface area contributed by atoms with Gasteiger partial charge in [-0.25, -0.2) is 0 Å². The number of carbonyl (C=O) groups is 1. The average Bonchev–Trinajstić information content (AvgIpc) is 3.38. The van der Waals surface area contributed by atoms with Gasteiger partial charge >= 0.3 is 0 Å². The van der Waals surface area contributed by atoms with Crippen molar-refractivity contribution in [2.24, 2.45) is 0 Å². The summed E-state index contributed by atoms with van der Waals surface area (Å²) in [5.41, 5.74) is 3.21. The zero-order valence-electron chi connectivity index (χ0n) is 15.4. The van der Waals surface area contributed by atoms with Crippen LogP contribution in [-0.2, 0) is 24.4 Å². The lowest BCUT2D eigenvalue weighted by atomic mass is 10.1. The predicted octanol–water partition coefficient (Wildman–Crippen LogP) is 3.47. The molecule has 7 nitrogen and oxygen atoms in total. The van der Waals surface area contributed by atoms with Crippen molar-refractivity contribution in [2.75, 3.05) is 6.79 Å². The highest BCUT2D eigenvalue weighted by Gasteiger charge is 2.25. The van der Waals surface area contributed by atoms with E-state index < -0.39 is 0 Å². The second-order valence-corrected chi connectivity index (χ2v) is 7.36. The fourth-order valence-corrected chi connectivity index (χ4v) is 3.55. The molecule has 3 aromatic rings. The van der Waals surface area contributed by atoms with E-state index in [-0.39, 0.29) is 18.8 Å². The summed E-state index contributed by atoms with van der Waals surface area (Å²) in [5, 5.41) is 8.02. The van der Waals surface area contributed by atoms with Gasteiger partial charge in [-0.3, -0.25) is 9.48 Å². The highest BCUT2D eigenvalue weighted by atomic mass is 35.5. The number of benzene rings is 2. The summed E-state index contributed by atoms with van der Waals surface area (Å²) in [5.74, 6) is 1.24. The summed E-state index contributed by atoms with van der Waals surface area (Å²) in [6, 6.07) is 14.9. The number of amides is 1. The quantitative estimate of drug-likeness (QED) is 0.711. The van der Waals surface area contributed by atoms with Gasteiger partial charge in [0.2, 0.25) is 6.79 Å². The Bertz CT molecular complexity index is 1060. The molecule has 1 atom stereocenters. The molecule has 1 amide bonds. The monoisotopic (exact) mass is 411 g/mol. The number of halogens is 1. The van der Waals surface area contributed by atoms with Gasteiger partial charge in [0.05, 0.1) is 18.8 Å². The zero-order valence-corrected chi connectivity index (χ0v) is 16.2. The maximum Gasteiger partial charge on any atom is 0.272 e. The van der Waals surface area contributed by atoms with Crippen LogP contribution in [0.3, 0.4) is 0 Å². The standard InChI is InChI=1S/C21H18ClN3O4/c22-15-4-1-13(2-5-15)9-23-21(26)17-8-16-11-27-20(10-25(16)24-17)14-3-6-18-19(7-14)29-12-28-18/h1-8,20H,9-12H2,(H,23,26)/t20-/m0/s1. The molecule has 29 heavy (non-hydrogen) atoms. The third-order valence-corrected chi connectivity index (χ3v) is 5.25. The summed E-state index contributed by atoms with van der Waals surface area (Å²) >= 11 is 5.89. The summed E-state index contributed by atoms with van der Waals surface area (Å²) in [7, 11) is 0. The average molecular weight is 412 g/mol. The van der Waals surface area contributed by atoms with Crippen molar-refractivity contribution in [3.8, 4) is 11.5 Å². The maximum absolute atomic E-state index is 12.5. The molecule has 0 aliphatic carbocycles. The van der Waals surface area contributed by atoms with Crippen LogP contribution >= 0.6 is 11.6 Å². The van der Waals surface area contributed by atoms with Crippen LogP contribution in [0.2, 0.25) is 5.02 Å². The van der Waals surface area contributed by atoms with Gasteiger partial charge in [-0.15, -0.1) is 0 Å². The molecule has 5 rings (SSSR count). The van der Waals surface area contributed by atoms with Crippen LogP contribution in [0.5, 0.6) is 11.5 Å². The number of nitrogens with one attached hydrogen (secondary N) is 1. The Morgan fingerprint density at radius 3 is 2.83 bits per heavy atom. The third kappa shape index (κ3) is 3.66. The van der Waals surface area contributed by atoms with Gasteiger partial charge in [0.15, 0.2) is 17.2 Å². The van der Waals surface area contributed by atoms with Crippen molar-refractivity contribution < 1.29 is 19.0 Å². The van der Waals surface area contributed by atoms with Crippen LogP contribution < -0.4 is 14.8 Å². The lowest BCUT2D eigenvalue weighted by Crippen LogP contribution is -2.24. The molecule has 148 valence electrons. The number of rotatable bonds is 4. The van der Waals surface area contributed by atoms with Crippen molar-refractivity contribution in [1.29, 1.82) is 0 Å². The highest BCUT2D eigenvalue weighted by Crippen LogP contribution is 2.36. The lowest BCUT2D eigenvalue weighted by Gasteiger charge is -2.24. The Labute approximate surface area is 172 Å². The minimum Gasteiger partial charge on any atom is -0.454 e. The molecule has 2 aliphatic rings. The molecule has 0 spiro atoms. The largest absolute Gasteiger partial charge is 0.454 e. The third-order valence-electron chi connectivity index (χ3n) is 5.00. The summed E-state index contributed by atoms with van der Waals surface area (Å²) < 4.78 is 18.6. The number of carbonyl (C=O) groups excluding carboxylic acids is 1. The minimum absolute atomic E-state index is 0.165. The molecule has 0 radical (unpaired) electrons. The van der Waals surface area contributed by atoms with E-state index >= 15 is 0 Å². The van der Waals surface area contributed by atoms with Crippen molar-refractivity contribution in [1.82, 2.24) is 15.1 Å². The topological polar surface area (TPSA) is 74.6 Å². The SMILES string of the molecule is O=C(NCc1ccc(Cl)cc1)c1cc2n(n1)C[C@@H](c1ccc3c(c1)OCO3)OC2. The van der Waals surface area contributed by atoms with E-state index in [4.69, 9.17) is 25.8 Å². The normalized spacial score (nSPS) is 17.1. The molecule has 2 aromatic carbocycles. The number of ether oxygens (including phenoxy) is 3. The number of fused-ring (bicyclic) bond motifs is 2. The van der Waals surface area contributed by atoms with Gasteiger partial charge in [0.25, 0.3) is 5.91 Å². The molecule has 0 saturated carbocycles. The second-order valence-electron chi connectivity index (χ2n) is 6.92. The van der Waals surface area contributed by atoms with Gasteiger partial charge in [-0.05, 0) is 41.5 Å². The fraction of sp³-hybridized carbons (Fsp3) is 0.238. The molecule has 1 N–H and O–H groups in total. The molecule has 0 saturated heterocycles. The Kier molecular flexibility index (Phi) is 4.61. The summed E-state index contributed by atoms with van der Waals surface area (Å²) in [4.78, 5) is 12.5. The minimum atomic E-state index is -0.221. The Morgan fingerprint density at radius 2 is 1.97 bits per heavy atom. The van der Waals surface area contributed by atoms with Crippen molar-refractivity contribution in [2.45, 2.75) is 25.8 Å². The lowest BCUT2D eigenvalue weighted by molar-refractivity contribution is -0.00128. The molecule has 0 fully saturated rings. The number of nitrogens with zero attached hydrogens (tertiary/aromatic N) is 2. The smallest absolute Gasteiger partial charge is 0.272 e. The number of hydrogen-bond donors (Lipinski definition) is 1. The van der Waals surface area contributed by atoms with Crippen LogP contribution in [0.25, 0.3) is 0 Å². The Hall–Kier alpha value is -3.03. The molecule has 8 heteroatoms. The van der Waals surface area contributed by atoms with E-state index in [1.54, 1.807) is 18.2 Å². The van der Waals surface area contributed by atoms with Crippen molar-refractivity contribution >= 4 is 17.5 Å². The molecule has 0 unspecified atom stereocenters. The van der Waals surface area contributed by atoms with E-state index in [1.807, 2.05) is 35.0 Å². The van der Waals surface area contributed by atoms with Gasteiger partial charge < -0.3 is 19.5 Å². The molecule has 2 aliphatic heterocycles. The fourth-order valence-electron chi connectivity index (χ4n) is 3.43. The first-order chi connectivity index (χ1) is 14.2. The first-order valence-corrected chi connectivity index (χ1v) is 9.64. The van der Waals surface area contributed by atoms with E-state index in [0.717, 1.165) is 28.3 Å². The van der Waals surface area contributed by atoms with E-state index in [0.29, 0.717) is 30.4 Å². The first kappa shape index (κ1) is 18.0. The van der Waals surface area contributed by atoms with E-state index in [1.165, 1.54) is 0 Å². The first-order valence-electron chi connectivity index (χ1n) is 9.26. The van der Waals surface area contributed by atoms with E-state index in [2.05, 4.69) is 10.4 Å². The van der Waals surface area contributed by atoms with Crippen LogP contribution in [0.1, 0.15) is 33.4 Å².